The summed E-state index contributed by atoms with van der Waals surface area (Å²) in [6, 6.07) is 10.2. The molecule has 1 atom stereocenters. The monoisotopic (exact) mass is 540 g/mol. The Morgan fingerprint density at radius 1 is 1.19 bits per heavy atom. The number of fused-ring (bicyclic) bond motifs is 1. The summed E-state index contributed by atoms with van der Waals surface area (Å²) in [5.74, 6) is -0.556. The highest BCUT2D eigenvalue weighted by Gasteiger charge is 2.28. The molecule has 37 heavy (non-hydrogen) atoms. The van der Waals surface area contributed by atoms with Gasteiger partial charge in [-0.3, -0.25) is 4.79 Å². The van der Waals surface area contributed by atoms with Crippen LogP contribution in [0.3, 0.4) is 0 Å². The maximum atomic E-state index is 13.1. The summed E-state index contributed by atoms with van der Waals surface area (Å²) >= 11 is 12.9. The van der Waals surface area contributed by atoms with Gasteiger partial charge in [-0.1, -0.05) is 23.2 Å². The predicted octanol–water partition coefficient (Wildman–Crippen LogP) is 4.84. The fourth-order valence-electron chi connectivity index (χ4n) is 4.53. The van der Waals surface area contributed by atoms with Crippen LogP contribution >= 0.6 is 23.2 Å². The topological polar surface area (TPSA) is 107 Å². The van der Waals surface area contributed by atoms with Crippen LogP contribution in [0.4, 0.5) is 5.69 Å². The van der Waals surface area contributed by atoms with Crippen molar-refractivity contribution in [1.82, 2.24) is 14.5 Å². The van der Waals surface area contributed by atoms with Gasteiger partial charge in [-0.2, -0.15) is 0 Å². The number of aromatic carboxylic acids is 1. The third kappa shape index (κ3) is 4.80. The van der Waals surface area contributed by atoms with Crippen molar-refractivity contribution in [2.45, 2.75) is 18.9 Å². The van der Waals surface area contributed by atoms with Crippen molar-refractivity contribution in [3.8, 4) is 17.4 Å². The second kappa shape index (κ2) is 10.3. The fraction of sp³-hybridized carbons (Fsp3) is 0.231. The molecule has 190 valence electrons. The summed E-state index contributed by atoms with van der Waals surface area (Å²) in [6.07, 6.45) is 6.26. The number of carbonyl (C=O) groups is 1. The minimum atomic E-state index is -1.33. The first-order valence-corrected chi connectivity index (χ1v) is 12.3. The zero-order valence-corrected chi connectivity index (χ0v) is 21.2. The third-order valence-corrected chi connectivity index (χ3v) is 6.92. The summed E-state index contributed by atoms with van der Waals surface area (Å²) in [5, 5.41) is 10.6. The number of aromatic nitrogens is 3. The number of nitrogens with zero attached hydrogens (tertiary/aromatic N) is 4. The van der Waals surface area contributed by atoms with Gasteiger partial charge in [0.25, 0.3) is 0 Å². The average molecular weight is 541 g/mol. The largest absolute Gasteiger partial charge is 0.481 e. The molecule has 1 aromatic carbocycles. The van der Waals surface area contributed by atoms with E-state index < -0.39 is 11.4 Å². The van der Waals surface area contributed by atoms with Crippen molar-refractivity contribution in [1.29, 1.82) is 0 Å². The summed E-state index contributed by atoms with van der Waals surface area (Å²) in [4.78, 5) is 35.4. The summed E-state index contributed by atoms with van der Waals surface area (Å²) in [5.41, 5.74) is 0.796. The highest BCUT2D eigenvalue weighted by Crippen LogP contribution is 2.36. The molecule has 1 N–H and O–H groups in total. The van der Waals surface area contributed by atoms with E-state index >= 15 is 0 Å². The molecule has 0 saturated carbocycles. The second-order valence-electron chi connectivity index (χ2n) is 8.52. The minimum absolute atomic E-state index is 0.00543. The van der Waals surface area contributed by atoms with E-state index in [1.165, 1.54) is 19.4 Å². The van der Waals surface area contributed by atoms with Crippen LogP contribution in [0.15, 0.2) is 59.8 Å². The summed E-state index contributed by atoms with van der Waals surface area (Å²) in [6.45, 7) is 1.08. The molecule has 0 unspecified atom stereocenters. The molecule has 3 aromatic heterocycles. The molecule has 1 aliphatic rings. The van der Waals surface area contributed by atoms with E-state index in [-0.39, 0.29) is 17.0 Å². The number of carboxylic acids is 1. The molecule has 4 aromatic rings. The first kappa shape index (κ1) is 24.9. The first-order valence-electron chi connectivity index (χ1n) is 11.5. The Kier molecular flexibility index (Phi) is 6.90. The lowest BCUT2D eigenvalue weighted by Gasteiger charge is -2.28. The van der Waals surface area contributed by atoms with E-state index in [1.807, 2.05) is 0 Å². The Morgan fingerprint density at radius 2 is 2.03 bits per heavy atom. The smallest absolute Gasteiger partial charge is 0.341 e. The quantitative estimate of drug-likeness (QED) is 0.354. The highest BCUT2D eigenvalue weighted by molar-refractivity contribution is 6.34. The standard InChI is InChI=1S/C26H22Cl2N4O5/c1-36-23-7-6-15(12-30-23)32-13-18(26(34)35)24(33)17-10-20(28)22(11-21(17)32)31-9-3-4-16(31)14-37-25-19(27)5-2-8-29-25/h2,5-8,10-13,16H,3-4,9,14H2,1H3,(H,34,35)/t16-/m1/s1. The molecule has 0 amide bonds. The Balaban J connectivity index is 1.59. The van der Waals surface area contributed by atoms with Crippen molar-refractivity contribution >= 4 is 45.8 Å². The van der Waals surface area contributed by atoms with Gasteiger partial charge >= 0.3 is 5.97 Å². The van der Waals surface area contributed by atoms with E-state index in [0.29, 0.717) is 45.3 Å². The molecule has 0 spiro atoms. The summed E-state index contributed by atoms with van der Waals surface area (Å²) < 4.78 is 12.7. The van der Waals surface area contributed by atoms with Crippen molar-refractivity contribution in [3.63, 3.8) is 0 Å². The van der Waals surface area contributed by atoms with Crippen LogP contribution in [0.5, 0.6) is 11.8 Å². The van der Waals surface area contributed by atoms with Crippen LogP contribution < -0.4 is 19.8 Å². The lowest BCUT2D eigenvalue weighted by Crippen LogP contribution is -2.34. The molecule has 0 aliphatic carbocycles. The molecule has 1 fully saturated rings. The molecule has 0 bridgehead atoms. The Hall–Kier alpha value is -3.82. The summed E-state index contributed by atoms with van der Waals surface area (Å²) in [7, 11) is 1.51. The zero-order valence-electron chi connectivity index (χ0n) is 19.7. The van der Waals surface area contributed by atoms with Crippen molar-refractivity contribution in [2.75, 3.05) is 25.2 Å². The van der Waals surface area contributed by atoms with Crippen molar-refractivity contribution in [2.24, 2.45) is 0 Å². The number of hydrogen-bond donors (Lipinski definition) is 1. The van der Waals surface area contributed by atoms with E-state index in [2.05, 4.69) is 14.9 Å². The molecular formula is C26H22Cl2N4O5. The molecule has 1 aliphatic heterocycles. The number of halogens is 2. The second-order valence-corrected chi connectivity index (χ2v) is 9.33. The number of pyridine rings is 3. The average Bonchev–Trinajstić information content (AvgIpc) is 3.36. The number of ether oxygens (including phenoxy) is 2. The van der Waals surface area contributed by atoms with Gasteiger partial charge in [-0.15, -0.1) is 0 Å². The van der Waals surface area contributed by atoms with Gasteiger partial charge < -0.3 is 24.0 Å². The van der Waals surface area contributed by atoms with Crippen LogP contribution in [0.25, 0.3) is 16.6 Å². The zero-order chi connectivity index (χ0) is 26.1. The van der Waals surface area contributed by atoms with Gasteiger partial charge in [-0.05, 0) is 43.2 Å². The molecule has 11 heteroatoms. The normalized spacial score (nSPS) is 15.2. The number of carboxylic acid groups (broad SMARTS) is 1. The number of hydrogen-bond acceptors (Lipinski definition) is 7. The molecule has 0 radical (unpaired) electrons. The van der Waals surface area contributed by atoms with Crippen LogP contribution in [0, 0.1) is 0 Å². The number of benzene rings is 1. The SMILES string of the molecule is COc1ccc(-n2cc(C(=O)O)c(=O)c3cc(Cl)c(N4CCC[C@@H]4COc4ncccc4Cl)cc32)cn1. The van der Waals surface area contributed by atoms with E-state index in [9.17, 15) is 14.7 Å². The van der Waals surface area contributed by atoms with Crippen LogP contribution in [0.1, 0.15) is 23.2 Å². The van der Waals surface area contributed by atoms with Crippen LogP contribution in [-0.2, 0) is 0 Å². The Bertz CT molecular complexity index is 1540. The fourth-order valence-corrected chi connectivity index (χ4v) is 4.98. The van der Waals surface area contributed by atoms with Gasteiger partial charge in [0.05, 0.1) is 41.3 Å². The molecule has 1 saturated heterocycles. The highest BCUT2D eigenvalue weighted by atomic mass is 35.5. The van der Waals surface area contributed by atoms with Gasteiger partial charge in [0, 0.05) is 30.4 Å². The van der Waals surface area contributed by atoms with Gasteiger partial charge in [0.15, 0.2) is 0 Å². The van der Waals surface area contributed by atoms with Gasteiger partial charge in [-0.25, -0.2) is 14.8 Å². The van der Waals surface area contributed by atoms with E-state index in [4.69, 9.17) is 32.7 Å². The first-order chi connectivity index (χ1) is 17.9. The van der Waals surface area contributed by atoms with Crippen molar-refractivity contribution in [3.05, 3.63) is 80.8 Å². The lowest BCUT2D eigenvalue weighted by atomic mass is 10.1. The number of anilines is 1. The number of rotatable bonds is 7. The maximum absolute atomic E-state index is 13.1. The molecule has 5 rings (SSSR count). The molecular weight excluding hydrogens is 519 g/mol. The van der Waals surface area contributed by atoms with Gasteiger partial charge in [0.2, 0.25) is 17.2 Å². The van der Waals surface area contributed by atoms with E-state index in [1.54, 1.807) is 47.3 Å². The maximum Gasteiger partial charge on any atom is 0.341 e. The number of methoxy groups -OCH3 is 1. The lowest BCUT2D eigenvalue weighted by molar-refractivity contribution is 0.0695. The Morgan fingerprint density at radius 3 is 2.73 bits per heavy atom. The predicted molar refractivity (Wildman–Crippen MR) is 141 cm³/mol. The van der Waals surface area contributed by atoms with E-state index in [0.717, 1.165) is 19.4 Å². The molecule has 9 nitrogen and oxygen atoms in total. The van der Waals surface area contributed by atoms with Gasteiger partial charge in [0.1, 0.15) is 17.2 Å². The molecule has 4 heterocycles. The third-order valence-electron chi connectivity index (χ3n) is 6.33. The van der Waals surface area contributed by atoms with Crippen LogP contribution in [0.2, 0.25) is 10.0 Å². The van der Waals surface area contributed by atoms with Crippen molar-refractivity contribution < 1.29 is 19.4 Å². The minimum Gasteiger partial charge on any atom is -0.481 e. The Labute approximate surface area is 221 Å². The van der Waals surface area contributed by atoms with Crippen LogP contribution in [-0.4, -0.2) is 51.9 Å².